The molecule has 4 N–H and O–H groups in total. The minimum absolute atomic E-state index is 0.0264. The average molecular weight is 374 g/mol. The number of nitrogens with one attached hydrogen (secondary N) is 3. The summed E-state index contributed by atoms with van der Waals surface area (Å²) >= 11 is 0. The summed E-state index contributed by atoms with van der Waals surface area (Å²) < 4.78 is 5.75. The van der Waals surface area contributed by atoms with Gasteiger partial charge in [-0.25, -0.2) is 4.79 Å². The molecular weight excluding hydrogens is 348 g/mol. The monoisotopic (exact) mass is 374 g/mol. The number of nitrogens with zero attached hydrogens (tertiary/aromatic N) is 1. The van der Waals surface area contributed by atoms with Crippen molar-refractivity contribution in [2.45, 2.75) is 44.1 Å². The van der Waals surface area contributed by atoms with Crippen LogP contribution < -0.4 is 16.0 Å². The Labute approximate surface area is 158 Å². The van der Waals surface area contributed by atoms with Crippen LogP contribution in [0.15, 0.2) is 18.2 Å². The number of aliphatic hydroxyl groups is 1. The molecule has 0 aromatic heterocycles. The lowest BCUT2D eigenvalue weighted by molar-refractivity contribution is -0.128. The van der Waals surface area contributed by atoms with Gasteiger partial charge in [-0.05, 0) is 30.5 Å². The molecule has 8 heteroatoms. The first kappa shape index (κ1) is 18.1. The molecule has 1 aromatic rings. The number of carbonyl (C=O) groups is 2. The molecule has 3 aliphatic rings. The van der Waals surface area contributed by atoms with Crippen LogP contribution in [-0.4, -0.2) is 60.3 Å². The highest BCUT2D eigenvalue weighted by atomic mass is 16.5. The number of anilines is 1. The first-order valence-corrected chi connectivity index (χ1v) is 9.58. The Morgan fingerprint density at radius 1 is 1.26 bits per heavy atom. The van der Waals surface area contributed by atoms with E-state index in [4.69, 9.17) is 4.74 Å². The number of urea groups is 1. The predicted octanol–water partition coefficient (Wildman–Crippen LogP) is 0.725. The van der Waals surface area contributed by atoms with Crippen LogP contribution in [0.4, 0.5) is 10.5 Å². The highest BCUT2D eigenvalue weighted by Gasteiger charge is 2.36. The van der Waals surface area contributed by atoms with Gasteiger partial charge in [0.05, 0.1) is 31.4 Å². The summed E-state index contributed by atoms with van der Waals surface area (Å²) in [7, 11) is 0. The molecule has 27 heavy (non-hydrogen) atoms. The molecule has 4 rings (SSSR count). The van der Waals surface area contributed by atoms with Crippen molar-refractivity contribution in [2.75, 3.05) is 31.6 Å². The van der Waals surface area contributed by atoms with E-state index in [1.54, 1.807) is 4.90 Å². The second-order valence-corrected chi connectivity index (χ2v) is 7.42. The molecule has 3 atom stereocenters. The zero-order valence-electron chi connectivity index (χ0n) is 15.2. The van der Waals surface area contributed by atoms with Crippen LogP contribution >= 0.6 is 0 Å². The van der Waals surface area contributed by atoms with Crippen molar-refractivity contribution >= 4 is 17.6 Å². The molecule has 3 amide bonds. The number of amides is 3. The SMILES string of the molecule is O=C(NCC(=O)N1CCCC1)NCc1ccc2c(c1)[C@@H]1C[C@H](N2)[C@H](O)CO1. The van der Waals surface area contributed by atoms with E-state index in [9.17, 15) is 14.7 Å². The second-order valence-electron chi connectivity index (χ2n) is 7.42. The maximum absolute atomic E-state index is 12.0. The second kappa shape index (κ2) is 7.74. The fourth-order valence-corrected chi connectivity index (χ4v) is 3.96. The highest BCUT2D eigenvalue weighted by Crippen LogP contribution is 2.39. The van der Waals surface area contributed by atoms with Crippen molar-refractivity contribution in [3.05, 3.63) is 29.3 Å². The zero-order chi connectivity index (χ0) is 18.8. The lowest BCUT2D eigenvalue weighted by Gasteiger charge is -2.40. The van der Waals surface area contributed by atoms with Gasteiger partial charge in [-0.1, -0.05) is 6.07 Å². The number of fused-ring (bicyclic) bond motifs is 4. The Kier molecular flexibility index (Phi) is 5.18. The molecule has 0 unspecified atom stereocenters. The standard InChI is InChI=1S/C19H26N4O4/c24-16-11-27-17-8-15(16)22-14-4-3-12(7-13(14)17)9-20-19(26)21-10-18(25)23-5-1-2-6-23/h3-4,7,15-17,22,24H,1-2,5-6,8-11H2,(H2,20,21,26)/t15-,16+,17-/m0/s1. The molecule has 0 spiro atoms. The molecule has 2 fully saturated rings. The van der Waals surface area contributed by atoms with E-state index in [2.05, 4.69) is 16.0 Å². The smallest absolute Gasteiger partial charge is 0.315 e. The van der Waals surface area contributed by atoms with E-state index in [0.717, 1.165) is 49.2 Å². The molecule has 2 bridgehead atoms. The molecule has 0 aliphatic carbocycles. The Morgan fingerprint density at radius 3 is 2.89 bits per heavy atom. The van der Waals surface area contributed by atoms with E-state index in [1.165, 1.54) is 0 Å². The van der Waals surface area contributed by atoms with Gasteiger partial charge in [0.1, 0.15) is 0 Å². The normalized spacial score (nSPS) is 26.1. The maximum atomic E-state index is 12.0. The maximum Gasteiger partial charge on any atom is 0.315 e. The molecule has 3 aliphatic heterocycles. The van der Waals surface area contributed by atoms with Gasteiger partial charge in [0.25, 0.3) is 0 Å². The summed E-state index contributed by atoms with van der Waals surface area (Å²) in [5.74, 6) is -0.0336. The van der Waals surface area contributed by atoms with Crippen molar-refractivity contribution in [1.29, 1.82) is 0 Å². The van der Waals surface area contributed by atoms with Crippen LogP contribution in [0, 0.1) is 0 Å². The number of aliphatic hydroxyl groups excluding tert-OH is 1. The van der Waals surface area contributed by atoms with Crippen molar-refractivity contribution in [3.8, 4) is 0 Å². The van der Waals surface area contributed by atoms with Gasteiger partial charge in [-0.3, -0.25) is 4.79 Å². The molecule has 2 saturated heterocycles. The molecule has 3 heterocycles. The van der Waals surface area contributed by atoms with Gasteiger partial charge < -0.3 is 30.7 Å². The number of hydrogen-bond acceptors (Lipinski definition) is 5. The Bertz CT molecular complexity index is 720. The minimum Gasteiger partial charge on any atom is -0.389 e. The molecule has 0 saturated carbocycles. The Balaban J connectivity index is 1.29. The average Bonchev–Trinajstić information content (AvgIpc) is 3.22. The fourth-order valence-electron chi connectivity index (χ4n) is 3.96. The highest BCUT2D eigenvalue weighted by molar-refractivity contribution is 5.84. The number of carbonyl (C=O) groups excluding carboxylic acids is 2. The summed E-state index contributed by atoms with van der Waals surface area (Å²) in [5.41, 5.74) is 2.99. The van der Waals surface area contributed by atoms with Crippen molar-refractivity contribution in [2.24, 2.45) is 0 Å². The molecular formula is C19H26N4O4. The van der Waals surface area contributed by atoms with E-state index >= 15 is 0 Å². The van der Waals surface area contributed by atoms with Gasteiger partial charge in [0.15, 0.2) is 0 Å². The van der Waals surface area contributed by atoms with Crippen LogP contribution in [0.2, 0.25) is 0 Å². The molecule has 146 valence electrons. The minimum atomic E-state index is -0.484. The lowest BCUT2D eigenvalue weighted by atomic mass is 9.89. The van der Waals surface area contributed by atoms with Crippen LogP contribution in [0.5, 0.6) is 0 Å². The number of likely N-dealkylation sites (tertiary alicyclic amines) is 1. The first-order valence-electron chi connectivity index (χ1n) is 9.58. The summed E-state index contributed by atoms with van der Waals surface area (Å²) in [4.78, 5) is 25.7. The third-order valence-electron chi connectivity index (χ3n) is 5.52. The summed E-state index contributed by atoms with van der Waals surface area (Å²) in [5, 5.41) is 18.7. The zero-order valence-corrected chi connectivity index (χ0v) is 15.2. The quantitative estimate of drug-likeness (QED) is 0.622. The third kappa shape index (κ3) is 4.01. The first-order chi connectivity index (χ1) is 13.1. The number of hydrogen-bond donors (Lipinski definition) is 4. The van der Waals surface area contributed by atoms with Crippen molar-refractivity contribution < 1.29 is 19.4 Å². The van der Waals surface area contributed by atoms with Crippen LogP contribution in [0.1, 0.15) is 36.5 Å². The molecule has 0 radical (unpaired) electrons. The lowest BCUT2D eigenvalue weighted by Crippen LogP contribution is -2.46. The topological polar surface area (TPSA) is 103 Å². The van der Waals surface area contributed by atoms with Gasteiger partial charge in [-0.15, -0.1) is 0 Å². The van der Waals surface area contributed by atoms with Gasteiger partial charge in [0.2, 0.25) is 5.91 Å². The molecule has 8 nitrogen and oxygen atoms in total. The van der Waals surface area contributed by atoms with E-state index in [-0.39, 0.29) is 30.6 Å². The largest absolute Gasteiger partial charge is 0.389 e. The molecule has 1 aromatic carbocycles. The Hall–Kier alpha value is -2.32. The van der Waals surface area contributed by atoms with E-state index in [0.29, 0.717) is 13.2 Å². The number of ether oxygens (including phenoxy) is 1. The van der Waals surface area contributed by atoms with Gasteiger partial charge in [0, 0.05) is 37.3 Å². The third-order valence-corrected chi connectivity index (χ3v) is 5.52. The summed E-state index contributed by atoms with van der Waals surface area (Å²) in [6, 6.07) is 5.60. The van der Waals surface area contributed by atoms with Gasteiger partial charge in [-0.2, -0.15) is 0 Å². The van der Waals surface area contributed by atoms with Gasteiger partial charge >= 0.3 is 6.03 Å². The summed E-state index contributed by atoms with van der Waals surface area (Å²) in [6.07, 6.45) is 2.30. The fraction of sp³-hybridized carbons (Fsp3) is 0.579. The number of rotatable bonds is 4. The van der Waals surface area contributed by atoms with Crippen molar-refractivity contribution in [3.63, 3.8) is 0 Å². The van der Waals surface area contributed by atoms with Crippen LogP contribution in [0.25, 0.3) is 0 Å². The Morgan fingerprint density at radius 2 is 2.07 bits per heavy atom. The van der Waals surface area contributed by atoms with E-state index < -0.39 is 6.10 Å². The predicted molar refractivity (Wildman–Crippen MR) is 99.2 cm³/mol. The van der Waals surface area contributed by atoms with Crippen LogP contribution in [0.3, 0.4) is 0 Å². The number of benzene rings is 1. The van der Waals surface area contributed by atoms with E-state index in [1.807, 2.05) is 18.2 Å². The summed E-state index contributed by atoms with van der Waals surface area (Å²) in [6.45, 7) is 2.30. The van der Waals surface area contributed by atoms with Crippen molar-refractivity contribution in [1.82, 2.24) is 15.5 Å². The van der Waals surface area contributed by atoms with Crippen LogP contribution in [-0.2, 0) is 16.1 Å².